The second-order valence-corrected chi connectivity index (χ2v) is 4.61. The Labute approximate surface area is 101 Å². The third-order valence-corrected chi connectivity index (χ3v) is 3.29. The summed E-state index contributed by atoms with van der Waals surface area (Å²) in [4.78, 5) is 14.7. The summed E-state index contributed by atoms with van der Waals surface area (Å²) in [5.74, 6) is 0.105. The summed E-state index contributed by atoms with van der Waals surface area (Å²) >= 11 is 0. The monoisotopic (exact) mass is 235 g/mol. The first-order chi connectivity index (χ1) is 8.16. The number of aromatic nitrogens is 1. The summed E-state index contributed by atoms with van der Waals surface area (Å²) in [5.41, 5.74) is 0.189. The van der Waals surface area contributed by atoms with Crippen molar-refractivity contribution in [2.24, 2.45) is 5.92 Å². The summed E-state index contributed by atoms with van der Waals surface area (Å²) in [6.45, 7) is 2.19. The van der Waals surface area contributed by atoms with E-state index in [1.54, 1.807) is 6.07 Å². The zero-order chi connectivity index (χ0) is 12.3. The van der Waals surface area contributed by atoms with Crippen LogP contribution in [0, 0.1) is 5.92 Å². The van der Waals surface area contributed by atoms with E-state index in [1.807, 2.05) is 0 Å². The lowest BCUT2D eigenvalue weighted by Gasteiger charge is -2.28. The number of nitrogens with zero attached hydrogens (tertiary/aromatic N) is 1. The smallest absolute Gasteiger partial charge is 0.337 e. The molecule has 0 radical (unpaired) electrons. The molecule has 2 atom stereocenters. The Hall–Kier alpha value is -1.58. The van der Waals surface area contributed by atoms with E-state index in [0.717, 1.165) is 6.42 Å². The van der Waals surface area contributed by atoms with Crippen molar-refractivity contribution in [2.75, 3.05) is 0 Å². The number of hydrogen-bond acceptors (Lipinski definition) is 3. The van der Waals surface area contributed by atoms with Crippen LogP contribution in [0.15, 0.2) is 18.3 Å². The van der Waals surface area contributed by atoms with E-state index < -0.39 is 5.97 Å². The Bertz CT molecular complexity index is 388. The van der Waals surface area contributed by atoms with Gasteiger partial charge in [0.2, 0.25) is 5.88 Å². The zero-order valence-corrected chi connectivity index (χ0v) is 9.93. The van der Waals surface area contributed by atoms with Crippen LogP contribution in [-0.4, -0.2) is 22.2 Å². The van der Waals surface area contributed by atoms with Crippen LogP contribution in [-0.2, 0) is 0 Å². The summed E-state index contributed by atoms with van der Waals surface area (Å²) < 4.78 is 5.80. The molecule has 2 unspecified atom stereocenters. The molecule has 0 amide bonds. The van der Waals surface area contributed by atoms with Gasteiger partial charge < -0.3 is 9.84 Å². The molecule has 1 aliphatic carbocycles. The highest BCUT2D eigenvalue weighted by molar-refractivity contribution is 5.87. The molecule has 1 fully saturated rings. The van der Waals surface area contributed by atoms with E-state index >= 15 is 0 Å². The molecule has 17 heavy (non-hydrogen) atoms. The Balaban J connectivity index is 2.00. The van der Waals surface area contributed by atoms with Crippen LogP contribution in [0.1, 0.15) is 43.0 Å². The molecule has 0 spiro atoms. The molecular weight excluding hydrogens is 218 g/mol. The van der Waals surface area contributed by atoms with Crippen molar-refractivity contribution in [3.63, 3.8) is 0 Å². The number of rotatable bonds is 3. The van der Waals surface area contributed by atoms with Crippen molar-refractivity contribution in [2.45, 2.75) is 38.7 Å². The molecule has 0 bridgehead atoms. The summed E-state index contributed by atoms with van der Waals surface area (Å²) in [6.07, 6.45) is 6.27. The maximum atomic E-state index is 10.7. The fraction of sp³-hybridized carbons (Fsp3) is 0.538. The molecule has 1 saturated carbocycles. The Morgan fingerprint density at radius 2 is 2.18 bits per heavy atom. The molecule has 1 heterocycles. The minimum absolute atomic E-state index is 0.189. The number of hydrogen-bond donors (Lipinski definition) is 1. The highest BCUT2D eigenvalue weighted by Crippen LogP contribution is 2.27. The van der Waals surface area contributed by atoms with Crippen LogP contribution in [0.2, 0.25) is 0 Å². The first-order valence-electron chi connectivity index (χ1n) is 6.03. The maximum Gasteiger partial charge on any atom is 0.337 e. The van der Waals surface area contributed by atoms with Gasteiger partial charge in [0.05, 0.1) is 5.56 Å². The number of carbonyl (C=O) groups is 1. The second kappa shape index (κ2) is 5.17. The van der Waals surface area contributed by atoms with Crippen LogP contribution in [0.4, 0.5) is 0 Å². The average Bonchev–Trinajstić information content (AvgIpc) is 2.33. The lowest BCUT2D eigenvalue weighted by molar-refractivity contribution is 0.0695. The number of carboxylic acid groups (broad SMARTS) is 1. The number of aromatic carboxylic acids is 1. The van der Waals surface area contributed by atoms with Crippen LogP contribution >= 0.6 is 0 Å². The van der Waals surface area contributed by atoms with Crippen LogP contribution in [0.25, 0.3) is 0 Å². The predicted molar refractivity (Wildman–Crippen MR) is 63.2 cm³/mol. The zero-order valence-electron chi connectivity index (χ0n) is 9.93. The van der Waals surface area contributed by atoms with Gasteiger partial charge in [0.25, 0.3) is 0 Å². The third kappa shape index (κ3) is 2.96. The van der Waals surface area contributed by atoms with Gasteiger partial charge in [-0.05, 0) is 31.2 Å². The Morgan fingerprint density at radius 1 is 1.41 bits per heavy atom. The molecule has 1 N–H and O–H groups in total. The van der Waals surface area contributed by atoms with Crippen LogP contribution in [0.3, 0.4) is 0 Å². The van der Waals surface area contributed by atoms with E-state index in [2.05, 4.69) is 11.9 Å². The van der Waals surface area contributed by atoms with Crippen molar-refractivity contribution in [1.82, 2.24) is 4.98 Å². The fourth-order valence-electron chi connectivity index (χ4n) is 2.19. The molecule has 92 valence electrons. The molecule has 1 aromatic heterocycles. The fourth-order valence-corrected chi connectivity index (χ4v) is 2.19. The van der Waals surface area contributed by atoms with Gasteiger partial charge in [0.1, 0.15) is 6.10 Å². The first-order valence-corrected chi connectivity index (χ1v) is 6.03. The van der Waals surface area contributed by atoms with Crippen LogP contribution in [0.5, 0.6) is 5.88 Å². The molecule has 0 aliphatic heterocycles. The number of carboxylic acids is 1. The lowest BCUT2D eigenvalue weighted by Crippen LogP contribution is -2.28. The number of ether oxygens (including phenoxy) is 1. The number of pyridine rings is 1. The molecule has 2 rings (SSSR count). The standard InChI is InChI=1S/C13H17NO3/c1-9-4-2-3-5-11(9)17-12-7-6-10(8-14-12)13(15)16/h6-9,11H,2-5H2,1H3,(H,15,16). The minimum atomic E-state index is -0.963. The second-order valence-electron chi connectivity index (χ2n) is 4.61. The van der Waals surface area contributed by atoms with Gasteiger partial charge in [-0.3, -0.25) is 0 Å². The van der Waals surface area contributed by atoms with Gasteiger partial charge in [-0.25, -0.2) is 9.78 Å². The van der Waals surface area contributed by atoms with Crippen molar-refractivity contribution in [1.29, 1.82) is 0 Å². The van der Waals surface area contributed by atoms with E-state index in [-0.39, 0.29) is 11.7 Å². The first kappa shape index (κ1) is 11.9. The lowest BCUT2D eigenvalue weighted by atomic mass is 9.88. The molecular formula is C13H17NO3. The third-order valence-electron chi connectivity index (χ3n) is 3.29. The van der Waals surface area contributed by atoms with E-state index in [0.29, 0.717) is 11.8 Å². The predicted octanol–water partition coefficient (Wildman–Crippen LogP) is 2.74. The van der Waals surface area contributed by atoms with Crippen molar-refractivity contribution >= 4 is 5.97 Å². The van der Waals surface area contributed by atoms with Gasteiger partial charge >= 0.3 is 5.97 Å². The molecule has 0 saturated heterocycles. The largest absolute Gasteiger partial charge is 0.478 e. The van der Waals surface area contributed by atoms with E-state index in [4.69, 9.17) is 9.84 Å². The highest BCUT2D eigenvalue weighted by Gasteiger charge is 2.23. The molecule has 1 aliphatic rings. The quantitative estimate of drug-likeness (QED) is 0.875. The Morgan fingerprint density at radius 3 is 2.76 bits per heavy atom. The van der Waals surface area contributed by atoms with Gasteiger partial charge in [0.15, 0.2) is 0 Å². The van der Waals surface area contributed by atoms with E-state index in [1.165, 1.54) is 31.5 Å². The molecule has 4 heteroatoms. The van der Waals surface area contributed by atoms with Crippen molar-refractivity contribution < 1.29 is 14.6 Å². The summed E-state index contributed by atoms with van der Waals surface area (Å²) in [7, 11) is 0. The van der Waals surface area contributed by atoms with Crippen molar-refractivity contribution in [3.05, 3.63) is 23.9 Å². The summed E-state index contributed by atoms with van der Waals surface area (Å²) in [5, 5.41) is 8.76. The highest BCUT2D eigenvalue weighted by atomic mass is 16.5. The van der Waals surface area contributed by atoms with Crippen molar-refractivity contribution in [3.8, 4) is 5.88 Å². The van der Waals surface area contributed by atoms with Gasteiger partial charge in [-0.2, -0.15) is 0 Å². The summed E-state index contributed by atoms with van der Waals surface area (Å²) in [6, 6.07) is 3.16. The van der Waals surface area contributed by atoms with E-state index in [9.17, 15) is 4.79 Å². The molecule has 1 aromatic rings. The van der Waals surface area contributed by atoms with Crippen LogP contribution < -0.4 is 4.74 Å². The minimum Gasteiger partial charge on any atom is -0.478 e. The Kier molecular flexibility index (Phi) is 3.61. The average molecular weight is 235 g/mol. The molecule has 4 nitrogen and oxygen atoms in total. The van der Waals surface area contributed by atoms with Gasteiger partial charge in [-0.1, -0.05) is 13.3 Å². The van der Waals surface area contributed by atoms with Gasteiger partial charge in [0, 0.05) is 12.3 Å². The topological polar surface area (TPSA) is 59.4 Å². The maximum absolute atomic E-state index is 10.7. The van der Waals surface area contributed by atoms with Gasteiger partial charge in [-0.15, -0.1) is 0 Å². The molecule has 0 aromatic carbocycles. The normalized spacial score (nSPS) is 24.3. The SMILES string of the molecule is CC1CCCCC1Oc1ccc(C(=O)O)cn1.